The average molecular weight is 241 g/mol. The van der Waals surface area contributed by atoms with E-state index in [0.29, 0.717) is 13.0 Å². The summed E-state index contributed by atoms with van der Waals surface area (Å²) in [5.41, 5.74) is 6.21. The van der Waals surface area contributed by atoms with Crippen molar-refractivity contribution >= 4 is 9.84 Å². The zero-order chi connectivity index (χ0) is 12.0. The van der Waals surface area contributed by atoms with Crippen molar-refractivity contribution in [3.8, 4) is 0 Å². The van der Waals surface area contributed by atoms with Gasteiger partial charge < -0.3 is 5.73 Å². The first-order valence-electron chi connectivity index (χ1n) is 5.54. The van der Waals surface area contributed by atoms with Gasteiger partial charge in [0.2, 0.25) is 0 Å². The van der Waals surface area contributed by atoms with Gasteiger partial charge in [0, 0.05) is 0 Å². The molecule has 0 heterocycles. The molecule has 0 radical (unpaired) electrons. The van der Waals surface area contributed by atoms with Gasteiger partial charge in [-0.25, -0.2) is 8.42 Å². The predicted octanol–water partition coefficient (Wildman–Crippen LogP) is 1.90. The summed E-state index contributed by atoms with van der Waals surface area (Å²) in [6.07, 6.45) is 1.41. The zero-order valence-electron chi connectivity index (χ0n) is 9.59. The number of benzene rings is 1. The van der Waals surface area contributed by atoms with Gasteiger partial charge in [-0.2, -0.15) is 0 Å². The molecule has 0 aliphatic rings. The largest absolute Gasteiger partial charge is 0.330 e. The Bertz CT molecular complexity index is 400. The Kier molecular flexibility index (Phi) is 4.96. The minimum absolute atomic E-state index is 0.222. The van der Waals surface area contributed by atoms with Crippen LogP contribution in [-0.2, 0) is 9.84 Å². The summed E-state index contributed by atoms with van der Waals surface area (Å²) < 4.78 is 23.9. The predicted molar refractivity (Wildman–Crippen MR) is 66.9 cm³/mol. The van der Waals surface area contributed by atoms with E-state index in [2.05, 4.69) is 0 Å². The van der Waals surface area contributed by atoms with Crippen LogP contribution in [0.4, 0.5) is 0 Å². The highest BCUT2D eigenvalue weighted by atomic mass is 32.2. The summed E-state index contributed by atoms with van der Waals surface area (Å²) >= 11 is 0. The van der Waals surface area contributed by atoms with E-state index in [9.17, 15) is 8.42 Å². The highest BCUT2D eigenvalue weighted by Gasteiger charge is 2.21. The normalized spacial score (nSPS) is 13.6. The Balaban J connectivity index is 2.69. The average Bonchev–Trinajstić information content (AvgIpc) is 2.29. The molecule has 1 aromatic rings. The number of rotatable bonds is 6. The molecule has 0 fully saturated rings. The van der Waals surface area contributed by atoms with Gasteiger partial charge >= 0.3 is 0 Å². The minimum Gasteiger partial charge on any atom is -0.330 e. The van der Waals surface area contributed by atoms with Crippen molar-refractivity contribution in [2.75, 3.05) is 12.3 Å². The molecule has 90 valence electrons. The van der Waals surface area contributed by atoms with E-state index in [1.807, 2.05) is 30.3 Å². The van der Waals surface area contributed by atoms with Gasteiger partial charge in [0.1, 0.15) is 0 Å². The van der Waals surface area contributed by atoms with E-state index in [1.54, 1.807) is 6.92 Å². The van der Waals surface area contributed by atoms with Crippen LogP contribution < -0.4 is 5.73 Å². The molecule has 0 saturated heterocycles. The van der Waals surface area contributed by atoms with Crippen molar-refractivity contribution < 1.29 is 8.42 Å². The summed E-state index contributed by atoms with van der Waals surface area (Å²) in [4.78, 5) is 0. The lowest BCUT2D eigenvalue weighted by molar-refractivity contribution is 0.582. The second kappa shape index (κ2) is 6.01. The Labute approximate surface area is 97.6 Å². The first kappa shape index (κ1) is 13.2. The maximum atomic E-state index is 12.0. The van der Waals surface area contributed by atoms with Crippen LogP contribution in [0.5, 0.6) is 0 Å². The molecule has 2 N–H and O–H groups in total. The summed E-state index contributed by atoms with van der Waals surface area (Å²) in [6, 6.07) is 9.32. The topological polar surface area (TPSA) is 60.2 Å². The third kappa shape index (κ3) is 3.61. The lowest BCUT2D eigenvalue weighted by Crippen LogP contribution is -2.15. The number of hydrogen-bond donors (Lipinski definition) is 1. The van der Waals surface area contributed by atoms with Crippen LogP contribution in [-0.4, -0.2) is 20.7 Å². The van der Waals surface area contributed by atoms with Gasteiger partial charge in [0.05, 0.1) is 11.0 Å². The number of nitrogens with two attached hydrogens (primary N) is 1. The Morgan fingerprint density at radius 1 is 1.19 bits per heavy atom. The Morgan fingerprint density at radius 3 is 2.38 bits per heavy atom. The van der Waals surface area contributed by atoms with Crippen LogP contribution in [0.1, 0.15) is 30.6 Å². The molecule has 1 rings (SSSR count). The van der Waals surface area contributed by atoms with Crippen LogP contribution in [0, 0.1) is 0 Å². The molecule has 16 heavy (non-hydrogen) atoms. The van der Waals surface area contributed by atoms with Crippen LogP contribution in [0.3, 0.4) is 0 Å². The first-order chi connectivity index (χ1) is 7.58. The molecule has 0 amide bonds. The first-order valence-corrected chi connectivity index (χ1v) is 7.26. The molecular weight excluding hydrogens is 222 g/mol. The molecule has 0 aliphatic heterocycles. The van der Waals surface area contributed by atoms with E-state index in [1.165, 1.54) is 0 Å². The van der Waals surface area contributed by atoms with E-state index >= 15 is 0 Å². The molecular formula is C12H19NO2S. The van der Waals surface area contributed by atoms with Crippen molar-refractivity contribution in [2.24, 2.45) is 5.73 Å². The molecule has 1 aromatic carbocycles. The quantitative estimate of drug-likeness (QED) is 0.774. The van der Waals surface area contributed by atoms with Gasteiger partial charge in [-0.3, -0.25) is 0 Å². The molecule has 4 heteroatoms. The molecule has 0 bridgehead atoms. The number of hydrogen-bond acceptors (Lipinski definition) is 3. The smallest absolute Gasteiger partial charge is 0.157 e. The second-order valence-electron chi connectivity index (χ2n) is 3.92. The van der Waals surface area contributed by atoms with Crippen LogP contribution in [0.15, 0.2) is 30.3 Å². The van der Waals surface area contributed by atoms with E-state index < -0.39 is 15.1 Å². The van der Waals surface area contributed by atoms with E-state index in [-0.39, 0.29) is 5.75 Å². The second-order valence-corrected chi connectivity index (χ2v) is 6.36. The number of unbranched alkanes of at least 4 members (excludes halogenated alkanes) is 1. The van der Waals surface area contributed by atoms with Gasteiger partial charge in [0.25, 0.3) is 0 Å². The van der Waals surface area contributed by atoms with E-state index in [4.69, 9.17) is 5.73 Å². The standard InChI is InChI=1S/C12H19NO2S/c1-11(12-7-3-2-4-8-12)16(14,15)10-6-5-9-13/h2-4,7-8,11H,5-6,9-10,13H2,1H3. The molecule has 0 aromatic heterocycles. The SMILES string of the molecule is CC(c1ccccc1)S(=O)(=O)CCCCN. The highest BCUT2D eigenvalue weighted by Crippen LogP contribution is 2.22. The third-order valence-electron chi connectivity index (χ3n) is 2.69. The van der Waals surface area contributed by atoms with Gasteiger partial charge in [-0.1, -0.05) is 30.3 Å². The lowest BCUT2D eigenvalue weighted by Gasteiger charge is -2.12. The summed E-state index contributed by atoms with van der Waals surface area (Å²) in [7, 11) is -3.04. The van der Waals surface area contributed by atoms with Crippen LogP contribution in [0.25, 0.3) is 0 Å². The van der Waals surface area contributed by atoms with Crippen molar-refractivity contribution in [3.05, 3.63) is 35.9 Å². The maximum Gasteiger partial charge on any atom is 0.157 e. The Hall–Kier alpha value is -0.870. The van der Waals surface area contributed by atoms with Crippen molar-refractivity contribution in [3.63, 3.8) is 0 Å². The molecule has 1 unspecified atom stereocenters. The van der Waals surface area contributed by atoms with Crippen molar-refractivity contribution in [1.29, 1.82) is 0 Å². The minimum atomic E-state index is -3.04. The van der Waals surface area contributed by atoms with Gasteiger partial charge in [-0.05, 0) is 31.9 Å². The Morgan fingerprint density at radius 2 is 1.81 bits per heavy atom. The number of sulfone groups is 1. The van der Waals surface area contributed by atoms with Gasteiger partial charge in [-0.15, -0.1) is 0 Å². The fourth-order valence-corrected chi connectivity index (χ4v) is 3.09. The fraction of sp³-hybridized carbons (Fsp3) is 0.500. The fourth-order valence-electron chi connectivity index (χ4n) is 1.56. The summed E-state index contributed by atoms with van der Waals surface area (Å²) in [5, 5.41) is -0.425. The van der Waals surface area contributed by atoms with Crippen LogP contribution >= 0.6 is 0 Å². The monoisotopic (exact) mass is 241 g/mol. The highest BCUT2D eigenvalue weighted by molar-refractivity contribution is 7.91. The van der Waals surface area contributed by atoms with Crippen LogP contribution in [0.2, 0.25) is 0 Å². The zero-order valence-corrected chi connectivity index (χ0v) is 10.4. The molecule has 1 atom stereocenters. The molecule has 0 aliphatic carbocycles. The van der Waals surface area contributed by atoms with Crippen molar-refractivity contribution in [1.82, 2.24) is 0 Å². The molecule has 0 saturated carbocycles. The molecule has 0 spiro atoms. The van der Waals surface area contributed by atoms with Crippen molar-refractivity contribution in [2.45, 2.75) is 25.0 Å². The third-order valence-corrected chi connectivity index (χ3v) is 4.90. The molecule has 3 nitrogen and oxygen atoms in total. The van der Waals surface area contributed by atoms with Gasteiger partial charge in [0.15, 0.2) is 9.84 Å². The lowest BCUT2D eigenvalue weighted by atomic mass is 10.2. The maximum absolute atomic E-state index is 12.0. The van der Waals surface area contributed by atoms with E-state index in [0.717, 1.165) is 12.0 Å². The summed E-state index contributed by atoms with van der Waals surface area (Å²) in [6.45, 7) is 2.29. The summed E-state index contributed by atoms with van der Waals surface area (Å²) in [5.74, 6) is 0.222.